The number of nitrogens with zero attached hydrogens (tertiary/aromatic N) is 3. The van der Waals surface area contributed by atoms with Crippen LogP contribution >= 0.6 is 11.6 Å². The van der Waals surface area contributed by atoms with Crippen molar-refractivity contribution < 1.29 is 9.90 Å². The Kier molecular flexibility index (Phi) is 7.30. The number of aliphatic hydroxyl groups is 1. The topological polar surface area (TPSA) is 80.0 Å². The minimum Gasteiger partial charge on any atom is -0.396 e. The number of anilines is 1. The van der Waals surface area contributed by atoms with Gasteiger partial charge in [-0.15, -0.1) is 10.2 Å². The van der Waals surface area contributed by atoms with Crippen LogP contribution in [0.25, 0.3) is 0 Å². The molecule has 1 unspecified atom stereocenters. The van der Waals surface area contributed by atoms with E-state index in [4.69, 9.17) is 11.6 Å². The summed E-state index contributed by atoms with van der Waals surface area (Å²) in [7, 11) is 0. The monoisotopic (exact) mass is 418 g/mol. The number of carbonyl (C=O) groups excluding carboxylic acids is 1. The summed E-state index contributed by atoms with van der Waals surface area (Å²) >= 11 is 6.16. The second kappa shape index (κ2) is 9.72. The summed E-state index contributed by atoms with van der Waals surface area (Å²) in [5.74, 6) is 2.16. The van der Waals surface area contributed by atoms with E-state index >= 15 is 0 Å². The van der Waals surface area contributed by atoms with Gasteiger partial charge in [0.05, 0.1) is 0 Å². The van der Waals surface area contributed by atoms with Crippen molar-refractivity contribution in [3.63, 3.8) is 0 Å². The lowest BCUT2D eigenvalue weighted by atomic mass is 9.99. The molecule has 1 aliphatic rings. The Morgan fingerprint density at radius 3 is 2.72 bits per heavy atom. The van der Waals surface area contributed by atoms with Crippen LogP contribution < -0.4 is 5.32 Å². The second-order valence-electron chi connectivity index (χ2n) is 8.38. The molecule has 1 saturated carbocycles. The normalized spacial score (nSPS) is 15.0. The number of rotatable bonds is 10. The molecule has 1 fully saturated rings. The molecule has 2 aromatic rings. The number of halogens is 1. The van der Waals surface area contributed by atoms with Crippen molar-refractivity contribution in [1.29, 1.82) is 0 Å². The second-order valence-corrected chi connectivity index (χ2v) is 8.79. The molecule has 3 rings (SSSR count). The van der Waals surface area contributed by atoms with Crippen LogP contribution in [0.1, 0.15) is 75.1 Å². The number of hydrogen-bond donors (Lipinski definition) is 2. The van der Waals surface area contributed by atoms with Gasteiger partial charge in [0, 0.05) is 42.1 Å². The van der Waals surface area contributed by atoms with E-state index in [9.17, 15) is 9.90 Å². The molecule has 0 bridgehead atoms. The Morgan fingerprint density at radius 2 is 2.07 bits per heavy atom. The van der Waals surface area contributed by atoms with Gasteiger partial charge >= 0.3 is 0 Å². The van der Waals surface area contributed by atoms with E-state index in [1.165, 1.54) is 0 Å². The van der Waals surface area contributed by atoms with Gasteiger partial charge in [0.25, 0.3) is 0 Å². The third kappa shape index (κ3) is 5.58. The zero-order chi connectivity index (χ0) is 21.0. The first-order valence-electron chi connectivity index (χ1n) is 10.5. The van der Waals surface area contributed by atoms with Gasteiger partial charge in [-0.05, 0) is 56.2 Å². The van der Waals surface area contributed by atoms with E-state index in [-0.39, 0.29) is 24.9 Å². The van der Waals surface area contributed by atoms with Crippen LogP contribution in [0.2, 0.25) is 5.02 Å². The molecule has 1 heterocycles. The maximum absolute atomic E-state index is 12.8. The van der Waals surface area contributed by atoms with Crippen LogP contribution in [0.5, 0.6) is 0 Å². The molecule has 2 N–H and O–H groups in total. The quantitative estimate of drug-likeness (QED) is 0.588. The Bertz CT molecular complexity index is 845. The minimum absolute atomic E-state index is 0.00694. The van der Waals surface area contributed by atoms with Crippen LogP contribution in [0.15, 0.2) is 18.2 Å². The van der Waals surface area contributed by atoms with Crippen LogP contribution in [-0.4, -0.2) is 32.4 Å². The van der Waals surface area contributed by atoms with Crippen molar-refractivity contribution >= 4 is 23.2 Å². The predicted molar refractivity (Wildman–Crippen MR) is 115 cm³/mol. The molecule has 0 spiro atoms. The molecule has 0 radical (unpaired) electrons. The Balaban J connectivity index is 1.77. The van der Waals surface area contributed by atoms with Crippen molar-refractivity contribution in [2.45, 2.75) is 71.3 Å². The Hall–Kier alpha value is -1.92. The zero-order valence-corrected chi connectivity index (χ0v) is 18.2. The molecule has 7 heteroatoms. The maximum atomic E-state index is 12.8. The largest absolute Gasteiger partial charge is 0.396 e. The predicted octanol–water partition coefficient (Wildman–Crippen LogP) is 4.66. The first-order valence-corrected chi connectivity index (χ1v) is 10.9. The highest BCUT2D eigenvalue weighted by Crippen LogP contribution is 2.39. The van der Waals surface area contributed by atoms with Gasteiger partial charge in [-0.25, -0.2) is 0 Å². The summed E-state index contributed by atoms with van der Waals surface area (Å²) in [6, 6.07) is 5.90. The first-order chi connectivity index (χ1) is 13.9. The summed E-state index contributed by atoms with van der Waals surface area (Å²) in [4.78, 5) is 12.8. The van der Waals surface area contributed by atoms with Crippen molar-refractivity contribution in [1.82, 2.24) is 14.8 Å². The van der Waals surface area contributed by atoms with Gasteiger partial charge in [-0.2, -0.15) is 0 Å². The first kappa shape index (κ1) is 21.8. The molecule has 1 amide bonds. The molecule has 1 aromatic heterocycles. The smallest absolute Gasteiger partial charge is 0.225 e. The van der Waals surface area contributed by atoms with E-state index in [0.717, 1.165) is 42.9 Å². The number of aromatic nitrogens is 3. The summed E-state index contributed by atoms with van der Waals surface area (Å²) in [6.45, 7) is 6.30. The van der Waals surface area contributed by atoms with Gasteiger partial charge < -0.3 is 15.0 Å². The highest BCUT2D eigenvalue weighted by Gasteiger charge is 2.32. The summed E-state index contributed by atoms with van der Waals surface area (Å²) in [6.07, 6.45) is 4.93. The lowest BCUT2D eigenvalue weighted by Gasteiger charge is -2.18. The molecular weight excluding hydrogens is 388 g/mol. The van der Waals surface area contributed by atoms with E-state index < -0.39 is 0 Å². The van der Waals surface area contributed by atoms with Gasteiger partial charge in [-0.3, -0.25) is 4.79 Å². The fourth-order valence-electron chi connectivity index (χ4n) is 3.58. The summed E-state index contributed by atoms with van der Waals surface area (Å²) in [5, 5.41) is 22.1. The molecule has 1 aliphatic carbocycles. The van der Waals surface area contributed by atoms with E-state index in [0.29, 0.717) is 29.1 Å². The fourth-order valence-corrected chi connectivity index (χ4v) is 3.76. The lowest BCUT2D eigenvalue weighted by molar-refractivity contribution is -0.116. The van der Waals surface area contributed by atoms with Gasteiger partial charge in [0.15, 0.2) is 0 Å². The number of aryl methyl sites for hydroxylation is 1. The van der Waals surface area contributed by atoms with Crippen LogP contribution in [0.4, 0.5) is 5.69 Å². The number of amides is 1. The summed E-state index contributed by atoms with van der Waals surface area (Å²) in [5.41, 5.74) is 1.56. The van der Waals surface area contributed by atoms with Crippen molar-refractivity contribution in [2.24, 2.45) is 5.92 Å². The van der Waals surface area contributed by atoms with E-state index in [2.05, 4.69) is 33.9 Å². The standard InChI is InChI=1S/C22H31ClN4O2/c1-14(2)7-10-20-25-26-22(27(20)17-8-9-17)16(11-12-28)13-21(29)24-19-6-4-5-18(23)15(19)3/h4-6,14,16-17,28H,7-13H2,1-3H3,(H,24,29). The van der Waals surface area contributed by atoms with E-state index in [1.807, 2.05) is 19.1 Å². The zero-order valence-electron chi connectivity index (χ0n) is 17.5. The number of hydrogen-bond acceptors (Lipinski definition) is 4. The molecule has 158 valence electrons. The molecule has 0 saturated heterocycles. The highest BCUT2D eigenvalue weighted by atomic mass is 35.5. The molecule has 0 aliphatic heterocycles. The number of nitrogens with one attached hydrogen (secondary N) is 1. The molecule has 1 aromatic carbocycles. The average Bonchev–Trinajstić information content (AvgIpc) is 3.42. The van der Waals surface area contributed by atoms with E-state index in [1.54, 1.807) is 6.07 Å². The number of benzene rings is 1. The third-order valence-corrected chi connectivity index (χ3v) is 5.88. The summed E-state index contributed by atoms with van der Waals surface area (Å²) < 4.78 is 2.24. The van der Waals surface area contributed by atoms with Crippen LogP contribution in [0, 0.1) is 12.8 Å². The fraction of sp³-hybridized carbons (Fsp3) is 0.591. The molecule has 6 nitrogen and oxygen atoms in total. The Labute approximate surface area is 177 Å². The van der Waals surface area contributed by atoms with Crippen molar-refractivity contribution in [2.75, 3.05) is 11.9 Å². The highest BCUT2D eigenvalue weighted by molar-refractivity contribution is 6.31. The Morgan fingerprint density at radius 1 is 1.31 bits per heavy atom. The molecule has 29 heavy (non-hydrogen) atoms. The van der Waals surface area contributed by atoms with Gasteiger partial charge in [-0.1, -0.05) is 31.5 Å². The molecular formula is C22H31ClN4O2. The molecule has 1 atom stereocenters. The lowest BCUT2D eigenvalue weighted by Crippen LogP contribution is -2.20. The van der Waals surface area contributed by atoms with Crippen molar-refractivity contribution in [3.05, 3.63) is 40.4 Å². The number of aliphatic hydroxyl groups excluding tert-OH is 1. The van der Waals surface area contributed by atoms with Crippen LogP contribution in [-0.2, 0) is 11.2 Å². The van der Waals surface area contributed by atoms with Gasteiger partial charge in [0.1, 0.15) is 11.6 Å². The third-order valence-electron chi connectivity index (χ3n) is 5.47. The maximum Gasteiger partial charge on any atom is 0.225 e. The van der Waals surface area contributed by atoms with Gasteiger partial charge in [0.2, 0.25) is 5.91 Å². The average molecular weight is 419 g/mol. The van der Waals surface area contributed by atoms with Crippen molar-refractivity contribution in [3.8, 4) is 0 Å². The SMILES string of the molecule is Cc1c(Cl)cccc1NC(=O)CC(CCO)c1nnc(CCC(C)C)n1C1CC1. The van der Waals surface area contributed by atoms with Crippen LogP contribution in [0.3, 0.4) is 0 Å². The minimum atomic E-state index is -0.166. The number of carbonyl (C=O) groups is 1.